The van der Waals surface area contributed by atoms with E-state index < -0.39 is 0 Å². The predicted molar refractivity (Wildman–Crippen MR) is 114 cm³/mol. The molecule has 2 aromatic rings. The zero-order chi connectivity index (χ0) is 18.8. The summed E-state index contributed by atoms with van der Waals surface area (Å²) < 4.78 is 5.20. The molecule has 0 aliphatic carbocycles. The maximum absolute atomic E-state index is 6.66. The highest BCUT2D eigenvalue weighted by atomic mass is 35.5. The first kappa shape index (κ1) is 20.8. The van der Waals surface area contributed by atoms with Gasteiger partial charge in [-0.05, 0) is 49.6 Å². The molecule has 0 aliphatic heterocycles. The van der Waals surface area contributed by atoms with Crippen LogP contribution in [0.2, 0.25) is 5.02 Å². The Balaban J connectivity index is 2.36. The van der Waals surface area contributed by atoms with Gasteiger partial charge in [0.15, 0.2) is 0 Å². The quantitative estimate of drug-likeness (QED) is 0.559. The number of benzene rings is 2. The molecule has 0 unspecified atom stereocenters. The number of nitrogens with one attached hydrogen (secondary N) is 1. The number of nitrogens with zero attached hydrogens (tertiary/aromatic N) is 1. The van der Waals surface area contributed by atoms with Crippen molar-refractivity contribution in [1.29, 1.82) is 0 Å². The van der Waals surface area contributed by atoms with Crippen LogP contribution in [0.1, 0.15) is 25.3 Å². The molecule has 0 saturated heterocycles. The Morgan fingerprint density at radius 3 is 2.62 bits per heavy atom. The van der Waals surface area contributed by atoms with Gasteiger partial charge in [-0.25, -0.2) is 0 Å². The number of ether oxygens (including phenoxy) is 1. The average molecular weight is 375 g/mol. The summed E-state index contributed by atoms with van der Waals surface area (Å²) in [5, 5.41) is 4.07. The van der Waals surface area contributed by atoms with Crippen LogP contribution in [-0.2, 0) is 11.2 Å². The summed E-state index contributed by atoms with van der Waals surface area (Å²) in [6, 6.07) is 14.9. The van der Waals surface area contributed by atoms with E-state index in [0.29, 0.717) is 0 Å². The minimum atomic E-state index is 0.806. The van der Waals surface area contributed by atoms with Gasteiger partial charge in [0.2, 0.25) is 0 Å². The van der Waals surface area contributed by atoms with Gasteiger partial charge in [-0.3, -0.25) is 0 Å². The van der Waals surface area contributed by atoms with Gasteiger partial charge in [-0.15, -0.1) is 0 Å². The van der Waals surface area contributed by atoms with Crippen molar-refractivity contribution in [1.82, 2.24) is 5.32 Å². The molecule has 0 amide bonds. The van der Waals surface area contributed by atoms with Crippen molar-refractivity contribution in [3.05, 3.63) is 53.1 Å². The minimum Gasteiger partial charge on any atom is -0.385 e. The van der Waals surface area contributed by atoms with Crippen LogP contribution in [0.25, 0.3) is 11.1 Å². The van der Waals surface area contributed by atoms with Crippen LogP contribution >= 0.6 is 11.6 Å². The Morgan fingerprint density at radius 2 is 1.88 bits per heavy atom. The highest BCUT2D eigenvalue weighted by Gasteiger charge is 2.15. The monoisotopic (exact) mass is 374 g/mol. The molecule has 0 spiro atoms. The van der Waals surface area contributed by atoms with Crippen LogP contribution in [0.3, 0.4) is 0 Å². The normalized spacial score (nSPS) is 10.9. The summed E-state index contributed by atoms with van der Waals surface area (Å²) in [6.45, 7) is 5.86. The maximum Gasteiger partial charge on any atom is 0.0505 e. The molecule has 142 valence electrons. The molecule has 0 aliphatic rings. The summed E-state index contributed by atoms with van der Waals surface area (Å²) >= 11 is 6.66. The van der Waals surface area contributed by atoms with E-state index in [0.717, 1.165) is 56.1 Å². The van der Waals surface area contributed by atoms with Crippen LogP contribution in [0.4, 0.5) is 5.69 Å². The Labute approximate surface area is 163 Å². The Bertz CT molecular complexity index is 675. The lowest BCUT2D eigenvalue weighted by Gasteiger charge is -2.28. The Morgan fingerprint density at radius 1 is 1.08 bits per heavy atom. The molecule has 0 radical (unpaired) electrons. The van der Waals surface area contributed by atoms with Gasteiger partial charge in [-0.1, -0.05) is 48.9 Å². The zero-order valence-electron chi connectivity index (χ0n) is 16.2. The van der Waals surface area contributed by atoms with E-state index in [2.05, 4.69) is 47.5 Å². The fraction of sp³-hybridized carbons (Fsp3) is 0.455. The molecule has 2 aromatic carbocycles. The highest BCUT2D eigenvalue weighted by Crippen LogP contribution is 2.37. The third-order valence-electron chi connectivity index (χ3n) is 4.61. The number of hydrogen-bond donors (Lipinski definition) is 1. The van der Waals surface area contributed by atoms with Crippen molar-refractivity contribution in [3.63, 3.8) is 0 Å². The Hall–Kier alpha value is -1.55. The third kappa shape index (κ3) is 5.73. The third-order valence-corrected chi connectivity index (χ3v) is 4.93. The van der Waals surface area contributed by atoms with Gasteiger partial charge >= 0.3 is 0 Å². The number of aryl methyl sites for hydroxylation is 1. The molecule has 0 fully saturated rings. The number of rotatable bonds is 11. The molecule has 0 atom stereocenters. The fourth-order valence-electron chi connectivity index (χ4n) is 3.16. The topological polar surface area (TPSA) is 24.5 Å². The van der Waals surface area contributed by atoms with Crippen LogP contribution in [0.15, 0.2) is 42.5 Å². The molecule has 0 bridgehead atoms. The van der Waals surface area contributed by atoms with Gasteiger partial charge < -0.3 is 15.0 Å². The molecule has 4 heteroatoms. The van der Waals surface area contributed by atoms with Crippen molar-refractivity contribution in [2.75, 3.05) is 45.3 Å². The molecule has 0 aromatic heterocycles. The van der Waals surface area contributed by atoms with E-state index in [9.17, 15) is 0 Å². The molecular weight excluding hydrogens is 344 g/mol. The van der Waals surface area contributed by atoms with Crippen LogP contribution in [-0.4, -0.2) is 40.4 Å². The number of hydrogen-bond acceptors (Lipinski definition) is 3. The molecule has 0 heterocycles. The van der Waals surface area contributed by atoms with Gasteiger partial charge in [0.05, 0.1) is 5.02 Å². The summed E-state index contributed by atoms with van der Waals surface area (Å²) in [5.74, 6) is 0. The first-order chi connectivity index (χ1) is 12.7. The average Bonchev–Trinajstić information content (AvgIpc) is 2.67. The van der Waals surface area contributed by atoms with E-state index >= 15 is 0 Å². The summed E-state index contributed by atoms with van der Waals surface area (Å²) in [7, 11) is 3.75. The van der Waals surface area contributed by atoms with E-state index in [1.807, 2.05) is 19.2 Å². The number of halogens is 1. The van der Waals surface area contributed by atoms with Gasteiger partial charge in [0, 0.05) is 44.6 Å². The lowest BCUT2D eigenvalue weighted by molar-refractivity contribution is 0.193. The van der Waals surface area contributed by atoms with Gasteiger partial charge in [0.1, 0.15) is 0 Å². The van der Waals surface area contributed by atoms with E-state index in [1.165, 1.54) is 16.8 Å². The van der Waals surface area contributed by atoms with Crippen LogP contribution < -0.4 is 10.2 Å². The number of unbranched alkanes of at least 4 members (excludes halogenated alkanes) is 1. The zero-order valence-corrected chi connectivity index (χ0v) is 17.0. The highest BCUT2D eigenvalue weighted by molar-refractivity contribution is 6.34. The Kier molecular flexibility index (Phi) is 8.96. The van der Waals surface area contributed by atoms with Crippen molar-refractivity contribution >= 4 is 17.3 Å². The van der Waals surface area contributed by atoms with E-state index in [4.69, 9.17) is 16.3 Å². The second kappa shape index (κ2) is 11.2. The summed E-state index contributed by atoms with van der Waals surface area (Å²) in [6.07, 6.45) is 3.18. The molecule has 1 N–H and O–H groups in total. The van der Waals surface area contributed by atoms with Crippen LogP contribution in [0.5, 0.6) is 0 Å². The predicted octanol–water partition coefficient (Wildman–Crippen LogP) is 5.02. The van der Waals surface area contributed by atoms with E-state index in [-0.39, 0.29) is 0 Å². The second-order valence-electron chi connectivity index (χ2n) is 6.48. The smallest absolute Gasteiger partial charge is 0.0505 e. The number of likely N-dealkylation sites (N-methyl/N-ethyl adjacent to an activating group) is 1. The minimum absolute atomic E-state index is 0.806. The number of anilines is 1. The van der Waals surface area contributed by atoms with Crippen molar-refractivity contribution in [2.24, 2.45) is 0 Å². The number of methoxy groups -OCH3 is 1. The SMILES string of the molecule is CCc1cccc(-c2c(Cl)cccc2N(CCCCOC)CCNC)c1. The molecule has 2 rings (SSSR count). The largest absolute Gasteiger partial charge is 0.385 e. The lowest BCUT2D eigenvalue weighted by atomic mass is 9.99. The first-order valence-corrected chi connectivity index (χ1v) is 9.85. The first-order valence-electron chi connectivity index (χ1n) is 9.47. The van der Waals surface area contributed by atoms with Crippen LogP contribution in [0, 0.1) is 0 Å². The molecule has 0 saturated carbocycles. The summed E-state index contributed by atoms with van der Waals surface area (Å²) in [4.78, 5) is 2.44. The summed E-state index contributed by atoms with van der Waals surface area (Å²) in [5.41, 5.74) is 4.86. The maximum atomic E-state index is 6.66. The van der Waals surface area contributed by atoms with Gasteiger partial charge in [0.25, 0.3) is 0 Å². The standard InChI is InChI=1S/C22H31ClN2O/c1-4-18-9-7-10-19(17-18)22-20(23)11-8-12-21(22)25(15-13-24-2)14-5-6-16-26-3/h7-12,17,24H,4-6,13-16H2,1-3H3. The van der Waals surface area contributed by atoms with E-state index in [1.54, 1.807) is 7.11 Å². The van der Waals surface area contributed by atoms with Gasteiger partial charge in [-0.2, -0.15) is 0 Å². The van der Waals surface area contributed by atoms with Crippen molar-refractivity contribution in [3.8, 4) is 11.1 Å². The molecule has 3 nitrogen and oxygen atoms in total. The molecule has 26 heavy (non-hydrogen) atoms. The van der Waals surface area contributed by atoms with Crippen molar-refractivity contribution < 1.29 is 4.74 Å². The second-order valence-corrected chi connectivity index (χ2v) is 6.89. The fourth-order valence-corrected chi connectivity index (χ4v) is 3.44. The lowest BCUT2D eigenvalue weighted by Crippen LogP contribution is -2.32. The molecular formula is C22H31ClN2O. The van der Waals surface area contributed by atoms with Crippen molar-refractivity contribution in [2.45, 2.75) is 26.2 Å².